The van der Waals surface area contributed by atoms with E-state index in [0.717, 1.165) is 27.8 Å². The van der Waals surface area contributed by atoms with Crippen molar-refractivity contribution < 1.29 is 9.53 Å². The highest BCUT2D eigenvalue weighted by Gasteiger charge is 2.13. The Morgan fingerprint density at radius 1 is 1.17 bits per heavy atom. The molecule has 1 aromatic heterocycles. The summed E-state index contributed by atoms with van der Waals surface area (Å²) in [7, 11) is 1.61. The van der Waals surface area contributed by atoms with Gasteiger partial charge in [-0.15, -0.1) is 0 Å². The molecule has 1 heterocycles. The predicted octanol–water partition coefficient (Wildman–Crippen LogP) is 2.82. The molecule has 0 aliphatic heterocycles. The van der Waals surface area contributed by atoms with E-state index in [1.807, 2.05) is 49.4 Å². The number of hydrogen-bond acceptors (Lipinski definition) is 4. The lowest BCUT2D eigenvalue weighted by Gasteiger charge is -2.10. The van der Waals surface area contributed by atoms with Gasteiger partial charge in [0.05, 0.1) is 23.9 Å². The first-order chi connectivity index (χ1) is 11.1. The zero-order valence-corrected chi connectivity index (χ0v) is 13.0. The minimum Gasteiger partial charge on any atom is -0.497 e. The van der Waals surface area contributed by atoms with Crippen molar-refractivity contribution in [3.63, 3.8) is 0 Å². The van der Waals surface area contributed by atoms with Crippen molar-refractivity contribution in [2.75, 3.05) is 7.11 Å². The molecule has 0 aliphatic carbocycles. The van der Waals surface area contributed by atoms with Gasteiger partial charge < -0.3 is 4.74 Å². The van der Waals surface area contributed by atoms with Crippen LogP contribution in [0, 0.1) is 6.92 Å². The van der Waals surface area contributed by atoms with Crippen LogP contribution in [0.3, 0.4) is 0 Å². The van der Waals surface area contributed by atoms with Gasteiger partial charge in [-0.25, -0.2) is 10.8 Å². The van der Waals surface area contributed by atoms with Crippen LogP contribution in [0.2, 0.25) is 0 Å². The van der Waals surface area contributed by atoms with Gasteiger partial charge in [0.25, 0.3) is 5.91 Å². The Kier molecular flexibility index (Phi) is 3.95. The van der Waals surface area contributed by atoms with Crippen molar-refractivity contribution >= 4 is 16.8 Å². The second-order valence-electron chi connectivity index (χ2n) is 5.28. The van der Waals surface area contributed by atoms with E-state index in [1.165, 1.54) is 0 Å². The van der Waals surface area contributed by atoms with E-state index in [-0.39, 0.29) is 5.91 Å². The van der Waals surface area contributed by atoms with Crippen molar-refractivity contribution in [3.05, 3.63) is 59.7 Å². The lowest BCUT2D eigenvalue weighted by Crippen LogP contribution is -2.30. The Balaban J connectivity index is 2.26. The molecule has 0 radical (unpaired) electrons. The molecule has 0 unspecified atom stereocenters. The number of carbonyl (C=O) groups is 1. The number of carbonyl (C=O) groups excluding carboxylic acids is 1. The van der Waals surface area contributed by atoms with Crippen LogP contribution in [0.15, 0.2) is 48.5 Å². The number of amides is 1. The summed E-state index contributed by atoms with van der Waals surface area (Å²) in [6.45, 7) is 1.97. The fourth-order valence-corrected chi connectivity index (χ4v) is 2.54. The van der Waals surface area contributed by atoms with E-state index in [4.69, 9.17) is 10.6 Å². The Morgan fingerprint density at radius 2 is 2.00 bits per heavy atom. The van der Waals surface area contributed by atoms with Crippen LogP contribution >= 0.6 is 0 Å². The molecular formula is C18H17N3O2. The zero-order valence-electron chi connectivity index (χ0n) is 13.0. The van der Waals surface area contributed by atoms with Gasteiger partial charge in [-0.05, 0) is 37.3 Å². The van der Waals surface area contributed by atoms with Crippen molar-refractivity contribution in [2.45, 2.75) is 6.92 Å². The molecule has 5 heteroatoms. The van der Waals surface area contributed by atoms with Gasteiger partial charge >= 0.3 is 0 Å². The quantitative estimate of drug-likeness (QED) is 0.443. The van der Waals surface area contributed by atoms with Gasteiger partial charge in [0, 0.05) is 10.9 Å². The smallest absolute Gasteiger partial charge is 0.265 e. The first kappa shape index (κ1) is 15.0. The van der Waals surface area contributed by atoms with Crippen LogP contribution in [0.4, 0.5) is 0 Å². The number of fused-ring (bicyclic) bond motifs is 1. The Hall–Kier alpha value is -2.92. The third-order valence-electron chi connectivity index (χ3n) is 3.71. The van der Waals surface area contributed by atoms with E-state index in [9.17, 15) is 4.79 Å². The fourth-order valence-electron chi connectivity index (χ4n) is 2.54. The Bertz CT molecular complexity index is 891. The van der Waals surface area contributed by atoms with Crippen LogP contribution in [0.25, 0.3) is 22.2 Å². The Labute approximate surface area is 134 Å². The van der Waals surface area contributed by atoms with Crippen LogP contribution in [-0.2, 0) is 0 Å². The van der Waals surface area contributed by atoms with E-state index in [0.29, 0.717) is 11.3 Å². The van der Waals surface area contributed by atoms with Gasteiger partial charge in [0.15, 0.2) is 0 Å². The van der Waals surface area contributed by atoms with E-state index in [1.54, 1.807) is 13.2 Å². The molecule has 1 amide bonds. The van der Waals surface area contributed by atoms with Crippen LogP contribution in [0.1, 0.15) is 15.9 Å². The average molecular weight is 307 g/mol. The number of hydrazine groups is 1. The molecule has 0 fully saturated rings. The average Bonchev–Trinajstić information content (AvgIpc) is 2.60. The number of hydrogen-bond donors (Lipinski definition) is 2. The number of benzene rings is 2. The summed E-state index contributed by atoms with van der Waals surface area (Å²) in [4.78, 5) is 16.8. The highest BCUT2D eigenvalue weighted by molar-refractivity contribution is 6.07. The van der Waals surface area contributed by atoms with Crippen molar-refractivity contribution in [2.24, 2.45) is 5.84 Å². The number of methoxy groups -OCH3 is 1. The molecule has 116 valence electrons. The molecule has 3 N–H and O–H groups in total. The summed E-state index contributed by atoms with van der Waals surface area (Å²) in [6, 6.07) is 15.1. The number of aryl methyl sites for hydroxylation is 1. The minimum absolute atomic E-state index is 0.341. The predicted molar refractivity (Wildman–Crippen MR) is 90.1 cm³/mol. The number of nitrogens with one attached hydrogen (secondary N) is 1. The summed E-state index contributed by atoms with van der Waals surface area (Å²) in [6.07, 6.45) is 0. The van der Waals surface area contributed by atoms with Gasteiger partial charge in [0.1, 0.15) is 5.75 Å². The van der Waals surface area contributed by atoms with Crippen LogP contribution in [0.5, 0.6) is 5.75 Å². The second kappa shape index (κ2) is 6.06. The molecule has 3 aromatic rings. The molecule has 3 rings (SSSR count). The van der Waals surface area contributed by atoms with Crippen LogP contribution < -0.4 is 16.0 Å². The molecule has 0 saturated heterocycles. The van der Waals surface area contributed by atoms with Gasteiger partial charge in [-0.3, -0.25) is 10.2 Å². The molecule has 23 heavy (non-hydrogen) atoms. The second-order valence-corrected chi connectivity index (χ2v) is 5.28. The summed E-state index contributed by atoms with van der Waals surface area (Å²) in [5.41, 5.74) is 6.07. The maximum absolute atomic E-state index is 12.2. The molecule has 0 saturated carbocycles. The number of nitrogens with zero attached hydrogens (tertiary/aromatic N) is 1. The summed E-state index contributed by atoms with van der Waals surface area (Å²) < 4.78 is 5.25. The van der Waals surface area contributed by atoms with E-state index < -0.39 is 0 Å². The third-order valence-corrected chi connectivity index (χ3v) is 3.71. The number of nitrogen functional groups attached to an aromatic ring is 1. The monoisotopic (exact) mass is 307 g/mol. The summed E-state index contributed by atoms with van der Waals surface area (Å²) in [5.74, 6) is 5.72. The number of pyridine rings is 1. The molecule has 2 aromatic carbocycles. The Morgan fingerprint density at radius 3 is 2.74 bits per heavy atom. The standard InChI is InChI=1S/C18H17N3O2/c1-11-6-7-16-14(8-11)15(18(22)21-19)10-17(20-16)12-4-3-5-13(9-12)23-2/h3-10H,19H2,1-2H3,(H,21,22). The molecule has 0 spiro atoms. The van der Waals surface area contributed by atoms with E-state index >= 15 is 0 Å². The number of aromatic nitrogens is 1. The third kappa shape index (κ3) is 2.86. The molecular weight excluding hydrogens is 290 g/mol. The lowest BCUT2D eigenvalue weighted by molar-refractivity contribution is 0.0955. The van der Waals surface area contributed by atoms with Crippen LogP contribution in [-0.4, -0.2) is 18.0 Å². The van der Waals surface area contributed by atoms with Gasteiger partial charge in [-0.1, -0.05) is 23.8 Å². The SMILES string of the molecule is COc1cccc(-c2cc(C(=O)NN)c3cc(C)ccc3n2)c1. The normalized spacial score (nSPS) is 10.6. The fraction of sp³-hybridized carbons (Fsp3) is 0.111. The number of rotatable bonds is 3. The first-order valence-corrected chi connectivity index (χ1v) is 7.19. The zero-order chi connectivity index (χ0) is 16.4. The number of nitrogens with two attached hydrogens (primary N) is 1. The molecule has 0 bridgehead atoms. The maximum Gasteiger partial charge on any atom is 0.265 e. The lowest BCUT2D eigenvalue weighted by atomic mass is 10.0. The van der Waals surface area contributed by atoms with Crippen molar-refractivity contribution in [3.8, 4) is 17.0 Å². The molecule has 5 nitrogen and oxygen atoms in total. The van der Waals surface area contributed by atoms with Crippen molar-refractivity contribution in [1.82, 2.24) is 10.4 Å². The summed E-state index contributed by atoms with van der Waals surface area (Å²) in [5, 5.41) is 0.777. The highest BCUT2D eigenvalue weighted by Crippen LogP contribution is 2.27. The number of ether oxygens (including phenoxy) is 1. The highest BCUT2D eigenvalue weighted by atomic mass is 16.5. The topological polar surface area (TPSA) is 77.2 Å². The minimum atomic E-state index is -0.341. The molecule has 0 atom stereocenters. The summed E-state index contributed by atoms with van der Waals surface area (Å²) >= 11 is 0. The van der Waals surface area contributed by atoms with E-state index in [2.05, 4.69) is 10.4 Å². The van der Waals surface area contributed by atoms with Gasteiger partial charge in [-0.2, -0.15) is 0 Å². The first-order valence-electron chi connectivity index (χ1n) is 7.19. The van der Waals surface area contributed by atoms with Crippen molar-refractivity contribution in [1.29, 1.82) is 0 Å². The van der Waals surface area contributed by atoms with Gasteiger partial charge in [0.2, 0.25) is 0 Å². The largest absolute Gasteiger partial charge is 0.497 e. The molecule has 0 aliphatic rings. The maximum atomic E-state index is 12.2.